The third kappa shape index (κ3) is 2.81. The number of aromatic nitrogens is 2. The summed E-state index contributed by atoms with van der Waals surface area (Å²) in [4.78, 5) is 9.63. The molecule has 0 bridgehead atoms. The molecular weight excluding hydrogens is 256 g/mol. The lowest BCUT2D eigenvalue weighted by Crippen LogP contribution is -2.13. The SMILES string of the molecule is CCc1sc(-c2ccccn2)nc1C(=N)N.Cl. The van der Waals surface area contributed by atoms with Crippen molar-refractivity contribution < 1.29 is 0 Å². The van der Waals surface area contributed by atoms with E-state index in [1.54, 1.807) is 17.5 Å². The third-order valence-corrected chi connectivity index (χ3v) is 3.38. The van der Waals surface area contributed by atoms with Crippen molar-refractivity contribution in [2.75, 3.05) is 0 Å². The molecule has 3 N–H and O–H groups in total. The highest BCUT2D eigenvalue weighted by atomic mass is 35.5. The first-order chi connectivity index (χ1) is 7.72. The fraction of sp³-hybridized carbons (Fsp3) is 0.182. The molecule has 2 aromatic heterocycles. The molecule has 90 valence electrons. The van der Waals surface area contributed by atoms with Gasteiger partial charge < -0.3 is 5.73 Å². The average Bonchev–Trinajstić information content (AvgIpc) is 2.74. The number of nitrogens with one attached hydrogen (secondary N) is 1. The second-order valence-electron chi connectivity index (χ2n) is 3.27. The number of thiazole rings is 1. The van der Waals surface area contributed by atoms with Crippen LogP contribution in [0.2, 0.25) is 0 Å². The highest BCUT2D eigenvalue weighted by molar-refractivity contribution is 7.15. The van der Waals surface area contributed by atoms with Gasteiger partial charge in [-0.1, -0.05) is 13.0 Å². The molecule has 0 aliphatic rings. The van der Waals surface area contributed by atoms with Gasteiger partial charge in [0.05, 0.1) is 5.69 Å². The van der Waals surface area contributed by atoms with Crippen LogP contribution in [0.4, 0.5) is 0 Å². The number of amidine groups is 1. The van der Waals surface area contributed by atoms with E-state index in [-0.39, 0.29) is 18.2 Å². The van der Waals surface area contributed by atoms with Crippen molar-refractivity contribution in [1.29, 1.82) is 5.41 Å². The largest absolute Gasteiger partial charge is 0.382 e. The number of rotatable bonds is 3. The second-order valence-corrected chi connectivity index (χ2v) is 4.36. The van der Waals surface area contributed by atoms with Crippen LogP contribution in [0.1, 0.15) is 17.5 Å². The number of aryl methyl sites for hydroxylation is 1. The van der Waals surface area contributed by atoms with Gasteiger partial charge in [-0.3, -0.25) is 10.4 Å². The topological polar surface area (TPSA) is 75.7 Å². The molecule has 2 rings (SSSR count). The van der Waals surface area contributed by atoms with Crippen molar-refractivity contribution in [2.45, 2.75) is 13.3 Å². The number of pyridine rings is 1. The Hall–Kier alpha value is -1.46. The van der Waals surface area contributed by atoms with Crippen molar-refractivity contribution in [2.24, 2.45) is 5.73 Å². The Kier molecular flexibility index (Phi) is 4.60. The number of nitrogen functional groups attached to an aromatic ring is 1. The zero-order chi connectivity index (χ0) is 11.5. The van der Waals surface area contributed by atoms with E-state index < -0.39 is 0 Å². The Balaban J connectivity index is 0.00000144. The van der Waals surface area contributed by atoms with Crippen LogP contribution in [-0.4, -0.2) is 15.8 Å². The number of halogens is 1. The van der Waals surface area contributed by atoms with E-state index in [2.05, 4.69) is 9.97 Å². The molecule has 17 heavy (non-hydrogen) atoms. The summed E-state index contributed by atoms with van der Waals surface area (Å²) in [5, 5.41) is 8.28. The Bertz CT molecular complexity index is 509. The number of nitrogens with two attached hydrogens (primary N) is 1. The van der Waals surface area contributed by atoms with Crippen molar-refractivity contribution in [3.63, 3.8) is 0 Å². The molecule has 0 atom stereocenters. The van der Waals surface area contributed by atoms with E-state index in [1.807, 2.05) is 25.1 Å². The van der Waals surface area contributed by atoms with Gasteiger partial charge in [-0.2, -0.15) is 0 Å². The molecule has 0 fully saturated rings. The van der Waals surface area contributed by atoms with Crippen molar-refractivity contribution in [1.82, 2.24) is 9.97 Å². The predicted octanol–water partition coefficient (Wildman–Crippen LogP) is 2.47. The second kappa shape index (κ2) is 5.75. The Labute approximate surface area is 110 Å². The van der Waals surface area contributed by atoms with Gasteiger partial charge in [-0.15, -0.1) is 23.7 Å². The van der Waals surface area contributed by atoms with E-state index >= 15 is 0 Å². The van der Waals surface area contributed by atoms with E-state index in [0.29, 0.717) is 5.69 Å². The van der Waals surface area contributed by atoms with Gasteiger partial charge in [0.1, 0.15) is 16.5 Å². The molecule has 0 aromatic carbocycles. The molecular formula is C11H13ClN4S. The minimum absolute atomic E-state index is 0. The molecule has 0 radical (unpaired) electrons. The maximum atomic E-state index is 7.46. The van der Waals surface area contributed by atoms with Crippen LogP contribution in [0.5, 0.6) is 0 Å². The zero-order valence-corrected chi connectivity index (χ0v) is 10.9. The minimum atomic E-state index is 0. The van der Waals surface area contributed by atoms with E-state index in [4.69, 9.17) is 11.1 Å². The lowest BCUT2D eigenvalue weighted by atomic mass is 10.3. The highest BCUT2D eigenvalue weighted by Gasteiger charge is 2.13. The van der Waals surface area contributed by atoms with Crippen molar-refractivity contribution in [3.8, 4) is 10.7 Å². The summed E-state index contributed by atoms with van der Waals surface area (Å²) in [7, 11) is 0. The molecule has 0 aliphatic heterocycles. The Morgan fingerprint density at radius 1 is 1.47 bits per heavy atom. The third-order valence-electron chi connectivity index (χ3n) is 2.16. The molecule has 0 saturated carbocycles. The van der Waals surface area contributed by atoms with E-state index in [0.717, 1.165) is 22.0 Å². The maximum Gasteiger partial charge on any atom is 0.142 e. The fourth-order valence-corrected chi connectivity index (χ4v) is 2.39. The van der Waals surface area contributed by atoms with Crippen LogP contribution in [-0.2, 0) is 6.42 Å². The van der Waals surface area contributed by atoms with Crippen LogP contribution in [0.25, 0.3) is 10.7 Å². The summed E-state index contributed by atoms with van der Waals surface area (Å²) in [5.41, 5.74) is 6.91. The maximum absolute atomic E-state index is 7.46. The van der Waals surface area contributed by atoms with Gasteiger partial charge in [-0.25, -0.2) is 4.98 Å². The fourth-order valence-electron chi connectivity index (χ4n) is 1.40. The summed E-state index contributed by atoms with van der Waals surface area (Å²) in [5.74, 6) is 0.0234. The molecule has 4 nitrogen and oxygen atoms in total. The summed E-state index contributed by atoms with van der Waals surface area (Å²) < 4.78 is 0. The molecule has 0 aliphatic carbocycles. The van der Waals surface area contributed by atoms with Gasteiger partial charge in [0.25, 0.3) is 0 Å². The molecule has 0 saturated heterocycles. The van der Waals surface area contributed by atoms with Gasteiger partial charge in [0, 0.05) is 11.1 Å². The molecule has 2 aromatic rings. The average molecular weight is 269 g/mol. The van der Waals surface area contributed by atoms with Gasteiger partial charge in [-0.05, 0) is 18.6 Å². The number of hydrogen-bond acceptors (Lipinski definition) is 4. The quantitative estimate of drug-likeness (QED) is 0.663. The molecule has 0 spiro atoms. The first-order valence-electron chi connectivity index (χ1n) is 4.98. The van der Waals surface area contributed by atoms with Crippen molar-refractivity contribution >= 4 is 29.6 Å². The molecule has 0 amide bonds. The van der Waals surface area contributed by atoms with Crippen LogP contribution in [0, 0.1) is 5.41 Å². The van der Waals surface area contributed by atoms with Gasteiger partial charge in [0.2, 0.25) is 0 Å². The summed E-state index contributed by atoms with van der Waals surface area (Å²) in [6.07, 6.45) is 2.56. The summed E-state index contributed by atoms with van der Waals surface area (Å²) in [6.45, 7) is 2.03. The van der Waals surface area contributed by atoms with Crippen LogP contribution in [0.15, 0.2) is 24.4 Å². The zero-order valence-electron chi connectivity index (χ0n) is 9.30. The summed E-state index contributed by atoms with van der Waals surface area (Å²) >= 11 is 1.55. The van der Waals surface area contributed by atoms with Gasteiger partial charge in [0.15, 0.2) is 0 Å². The lowest BCUT2D eigenvalue weighted by molar-refractivity contribution is 1.14. The summed E-state index contributed by atoms with van der Waals surface area (Å²) in [6, 6.07) is 5.69. The first kappa shape index (κ1) is 13.6. The molecule has 2 heterocycles. The Morgan fingerprint density at radius 3 is 2.71 bits per heavy atom. The Morgan fingerprint density at radius 2 is 2.24 bits per heavy atom. The van der Waals surface area contributed by atoms with Crippen LogP contribution < -0.4 is 5.73 Å². The first-order valence-corrected chi connectivity index (χ1v) is 5.79. The monoisotopic (exact) mass is 268 g/mol. The van der Waals surface area contributed by atoms with Gasteiger partial charge >= 0.3 is 0 Å². The van der Waals surface area contributed by atoms with Crippen LogP contribution in [0.3, 0.4) is 0 Å². The number of hydrogen-bond donors (Lipinski definition) is 2. The predicted molar refractivity (Wildman–Crippen MR) is 73.0 cm³/mol. The smallest absolute Gasteiger partial charge is 0.142 e. The van der Waals surface area contributed by atoms with Crippen LogP contribution >= 0.6 is 23.7 Å². The van der Waals surface area contributed by atoms with E-state index in [1.165, 1.54) is 0 Å². The minimum Gasteiger partial charge on any atom is -0.382 e. The van der Waals surface area contributed by atoms with E-state index in [9.17, 15) is 0 Å². The number of nitrogens with zero attached hydrogens (tertiary/aromatic N) is 2. The normalized spacial score (nSPS) is 9.71. The molecule has 0 unspecified atom stereocenters. The van der Waals surface area contributed by atoms with Crippen molar-refractivity contribution in [3.05, 3.63) is 35.0 Å². The standard InChI is InChI=1S/C11H12N4S.ClH/c1-2-8-9(10(12)13)15-11(16-8)7-5-3-4-6-14-7;/h3-6H,2H2,1H3,(H3,12,13);1H. The lowest BCUT2D eigenvalue weighted by Gasteiger charge is -1.93. The molecule has 6 heteroatoms. The highest BCUT2D eigenvalue weighted by Crippen LogP contribution is 2.26.